The summed E-state index contributed by atoms with van der Waals surface area (Å²) in [6, 6.07) is 19.4. The average Bonchev–Trinajstić information content (AvgIpc) is 2.63. The van der Waals surface area contributed by atoms with Crippen molar-refractivity contribution >= 4 is 23.8 Å². The molecule has 1 unspecified atom stereocenters. The molecule has 4 rings (SSSR count). The number of fused-ring (bicyclic) bond motifs is 2. The van der Waals surface area contributed by atoms with Crippen molar-refractivity contribution in [1.82, 2.24) is 0 Å². The van der Waals surface area contributed by atoms with E-state index in [0.29, 0.717) is 0 Å². The Bertz CT molecular complexity index is 928. The molecule has 3 aromatic rings. The SMILES string of the molecule is Cc1c(C)c(C)c2c(c1C)Oc1ccccc1P2c1ccccc1. The predicted molar refractivity (Wildman–Crippen MR) is 104 cm³/mol. The van der Waals surface area contributed by atoms with Gasteiger partial charge in [-0.3, -0.25) is 0 Å². The third-order valence-electron chi connectivity index (χ3n) is 5.15. The summed E-state index contributed by atoms with van der Waals surface area (Å²) in [6.07, 6.45) is 0. The van der Waals surface area contributed by atoms with E-state index in [-0.39, 0.29) is 0 Å². The largest absolute Gasteiger partial charge is 0.456 e. The highest BCUT2D eigenvalue weighted by Gasteiger charge is 2.32. The Morgan fingerprint density at radius 2 is 1.29 bits per heavy atom. The molecule has 24 heavy (non-hydrogen) atoms. The van der Waals surface area contributed by atoms with E-state index in [1.54, 1.807) is 0 Å². The van der Waals surface area contributed by atoms with Gasteiger partial charge in [-0.1, -0.05) is 48.5 Å². The zero-order chi connectivity index (χ0) is 16.8. The topological polar surface area (TPSA) is 9.23 Å². The molecular weight excluding hydrogens is 311 g/mol. The molecular formula is C22H21OP. The van der Waals surface area contributed by atoms with Gasteiger partial charge in [-0.25, -0.2) is 0 Å². The summed E-state index contributed by atoms with van der Waals surface area (Å²) in [5.41, 5.74) is 5.37. The monoisotopic (exact) mass is 332 g/mol. The number of hydrogen-bond acceptors (Lipinski definition) is 1. The highest BCUT2D eigenvalue weighted by molar-refractivity contribution is 7.80. The van der Waals surface area contributed by atoms with Crippen LogP contribution in [0.2, 0.25) is 0 Å². The van der Waals surface area contributed by atoms with Crippen LogP contribution in [-0.2, 0) is 0 Å². The van der Waals surface area contributed by atoms with Crippen LogP contribution in [0.1, 0.15) is 22.3 Å². The molecule has 1 nitrogen and oxygen atoms in total. The Kier molecular flexibility index (Phi) is 3.70. The van der Waals surface area contributed by atoms with Crippen molar-refractivity contribution in [3.8, 4) is 11.5 Å². The van der Waals surface area contributed by atoms with E-state index >= 15 is 0 Å². The molecule has 0 aliphatic carbocycles. The molecule has 1 heterocycles. The van der Waals surface area contributed by atoms with Crippen LogP contribution in [-0.4, -0.2) is 0 Å². The fourth-order valence-corrected chi connectivity index (χ4v) is 6.20. The van der Waals surface area contributed by atoms with Gasteiger partial charge in [0.15, 0.2) is 0 Å². The normalized spacial score (nSPS) is 15.4. The number of para-hydroxylation sites is 1. The minimum Gasteiger partial charge on any atom is -0.456 e. The molecule has 0 bridgehead atoms. The van der Waals surface area contributed by atoms with E-state index in [0.717, 1.165) is 11.5 Å². The number of rotatable bonds is 1. The number of hydrogen-bond donors (Lipinski definition) is 0. The lowest BCUT2D eigenvalue weighted by molar-refractivity contribution is 0.484. The molecule has 0 fully saturated rings. The van der Waals surface area contributed by atoms with Crippen molar-refractivity contribution in [3.63, 3.8) is 0 Å². The van der Waals surface area contributed by atoms with Gasteiger partial charge in [0.1, 0.15) is 11.5 Å². The van der Waals surface area contributed by atoms with E-state index < -0.39 is 7.92 Å². The van der Waals surface area contributed by atoms with Crippen molar-refractivity contribution in [2.24, 2.45) is 0 Å². The first-order valence-electron chi connectivity index (χ1n) is 8.32. The smallest absolute Gasteiger partial charge is 0.139 e. The molecule has 0 amide bonds. The summed E-state index contributed by atoms with van der Waals surface area (Å²) >= 11 is 0. The maximum atomic E-state index is 6.39. The molecule has 2 heteroatoms. The van der Waals surface area contributed by atoms with Crippen LogP contribution in [0.25, 0.3) is 0 Å². The first-order chi connectivity index (χ1) is 11.6. The fraction of sp³-hybridized carbons (Fsp3) is 0.182. The summed E-state index contributed by atoms with van der Waals surface area (Å²) in [7, 11) is -0.589. The molecule has 0 radical (unpaired) electrons. The number of benzene rings is 3. The van der Waals surface area contributed by atoms with Crippen molar-refractivity contribution in [2.45, 2.75) is 27.7 Å². The lowest BCUT2D eigenvalue weighted by Crippen LogP contribution is -2.30. The third-order valence-corrected chi connectivity index (χ3v) is 7.81. The van der Waals surface area contributed by atoms with Crippen LogP contribution >= 0.6 is 7.92 Å². The van der Waals surface area contributed by atoms with Crippen molar-refractivity contribution in [1.29, 1.82) is 0 Å². The lowest BCUT2D eigenvalue weighted by atomic mass is 9.98. The standard InChI is InChI=1S/C22H21OP/c1-14-15(2)17(4)22-21(16(14)3)23-19-12-8-9-13-20(19)24(22)18-10-6-5-7-11-18/h5-13H,1-4H3. The summed E-state index contributed by atoms with van der Waals surface area (Å²) in [5.74, 6) is 2.08. The maximum Gasteiger partial charge on any atom is 0.139 e. The van der Waals surface area contributed by atoms with E-state index in [4.69, 9.17) is 4.74 Å². The Morgan fingerprint density at radius 1 is 0.667 bits per heavy atom. The zero-order valence-corrected chi connectivity index (χ0v) is 15.4. The van der Waals surface area contributed by atoms with Gasteiger partial charge >= 0.3 is 0 Å². The predicted octanol–water partition coefficient (Wildman–Crippen LogP) is 4.78. The molecule has 3 aromatic carbocycles. The van der Waals surface area contributed by atoms with E-state index in [1.807, 2.05) is 0 Å². The third kappa shape index (κ3) is 2.19. The van der Waals surface area contributed by atoms with Gasteiger partial charge in [0.25, 0.3) is 0 Å². The first-order valence-corrected chi connectivity index (χ1v) is 9.66. The van der Waals surface area contributed by atoms with Gasteiger partial charge in [-0.2, -0.15) is 0 Å². The van der Waals surface area contributed by atoms with E-state index in [2.05, 4.69) is 82.3 Å². The summed E-state index contributed by atoms with van der Waals surface area (Å²) in [6.45, 7) is 8.87. The second-order valence-corrected chi connectivity index (χ2v) is 8.53. The van der Waals surface area contributed by atoms with Gasteiger partial charge in [-0.15, -0.1) is 0 Å². The van der Waals surface area contributed by atoms with Gasteiger partial charge in [0.05, 0.1) is 0 Å². The van der Waals surface area contributed by atoms with Crippen LogP contribution in [0.4, 0.5) is 0 Å². The molecule has 1 aliphatic heterocycles. The Morgan fingerprint density at radius 3 is 2.04 bits per heavy atom. The molecule has 1 aliphatic rings. The highest BCUT2D eigenvalue weighted by atomic mass is 31.1. The molecule has 0 spiro atoms. The molecule has 0 aromatic heterocycles. The average molecular weight is 332 g/mol. The van der Waals surface area contributed by atoms with Crippen LogP contribution in [0, 0.1) is 27.7 Å². The molecule has 120 valence electrons. The molecule has 0 saturated carbocycles. The minimum atomic E-state index is -0.589. The van der Waals surface area contributed by atoms with Crippen LogP contribution in [0.3, 0.4) is 0 Å². The first kappa shape index (κ1) is 15.4. The van der Waals surface area contributed by atoms with Crippen LogP contribution in [0.5, 0.6) is 11.5 Å². The van der Waals surface area contributed by atoms with Gasteiger partial charge < -0.3 is 4.74 Å². The minimum absolute atomic E-state index is 0.589. The molecule has 0 saturated heterocycles. The Hall–Kier alpha value is -2.11. The fourth-order valence-electron chi connectivity index (χ4n) is 3.46. The Labute approximate surface area is 145 Å². The molecule has 1 atom stereocenters. The second-order valence-electron chi connectivity index (χ2n) is 6.42. The van der Waals surface area contributed by atoms with Crippen molar-refractivity contribution in [3.05, 3.63) is 76.9 Å². The van der Waals surface area contributed by atoms with Gasteiger partial charge in [0, 0.05) is 10.6 Å². The lowest BCUT2D eigenvalue weighted by Gasteiger charge is -2.32. The van der Waals surface area contributed by atoms with E-state index in [1.165, 1.54) is 38.2 Å². The van der Waals surface area contributed by atoms with Crippen molar-refractivity contribution in [2.75, 3.05) is 0 Å². The molecule has 0 N–H and O–H groups in total. The van der Waals surface area contributed by atoms with Gasteiger partial charge in [-0.05, 0) is 69.2 Å². The second kappa shape index (κ2) is 5.76. The summed E-state index contributed by atoms with van der Waals surface area (Å²) in [5, 5.41) is 4.09. The van der Waals surface area contributed by atoms with Crippen LogP contribution in [0.15, 0.2) is 54.6 Å². The maximum absolute atomic E-state index is 6.39. The van der Waals surface area contributed by atoms with Gasteiger partial charge in [0.2, 0.25) is 0 Å². The van der Waals surface area contributed by atoms with E-state index in [9.17, 15) is 0 Å². The van der Waals surface area contributed by atoms with Crippen molar-refractivity contribution < 1.29 is 4.74 Å². The van der Waals surface area contributed by atoms with Crippen LogP contribution < -0.4 is 20.7 Å². The summed E-state index contributed by atoms with van der Waals surface area (Å²) in [4.78, 5) is 0. The number of ether oxygens (including phenoxy) is 1. The summed E-state index contributed by atoms with van der Waals surface area (Å²) < 4.78 is 6.39. The highest BCUT2D eigenvalue weighted by Crippen LogP contribution is 2.47. The zero-order valence-electron chi connectivity index (χ0n) is 14.6. The quantitative estimate of drug-likeness (QED) is 0.456. The Balaban J connectivity index is 2.08.